The first-order valence-electron chi connectivity index (χ1n) is 12.4. The number of unbranched alkanes of at least 4 members (excludes halogenated alkanes) is 2. The molecule has 1 amide bonds. The van der Waals surface area contributed by atoms with Crippen molar-refractivity contribution in [3.63, 3.8) is 0 Å². The molecule has 0 saturated heterocycles. The molecule has 0 fully saturated rings. The maximum atomic E-state index is 13.0. The van der Waals surface area contributed by atoms with Crippen LogP contribution < -0.4 is 14.8 Å². The summed E-state index contributed by atoms with van der Waals surface area (Å²) in [6, 6.07) is 21.4. The zero-order valence-electron chi connectivity index (χ0n) is 20.6. The molecule has 4 aromatic rings. The van der Waals surface area contributed by atoms with E-state index in [-0.39, 0.29) is 11.7 Å². The molecule has 36 heavy (non-hydrogen) atoms. The van der Waals surface area contributed by atoms with Crippen LogP contribution in [0.3, 0.4) is 0 Å². The average molecular weight is 490 g/mol. The summed E-state index contributed by atoms with van der Waals surface area (Å²) in [6.45, 7) is 2.02. The number of hydrogen-bond donors (Lipinski definition) is 1. The number of aromatic nitrogens is 2. The molecule has 0 saturated carbocycles. The summed E-state index contributed by atoms with van der Waals surface area (Å²) in [6.07, 6.45) is 4.57. The molecule has 1 heterocycles. The lowest BCUT2D eigenvalue weighted by Gasteiger charge is -2.11. The Balaban J connectivity index is 1.24. The third kappa shape index (κ3) is 6.84. The molecule has 0 unspecified atom stereocenters. The highest BCUT2D eigenvalue weighted by Crippen LogP contribution is 2.21. The molecular formula is C29H32FN3O3. The highest BCUT2D eigenvalue weighted by atomic mass is 19.1. The van der Waals surface area contributed by atoms with Crippen LogP contribution in [0.1, 0.15) is 41.9 Å². The lowest BCUT2D eigenvalue weighted by atomic mass is 10.1. The van der Waals surface area contributed by atoms with Gasteiger partial charge in [0.15, 0.2) is 0 Å². The van der Waals surface area contributed by atoms with E-state index < -0.39 is 0 Å². The third-order valence-electron chi connectivity index (χ3n) is 6.04. The number of carbonyl (C=O) groups excluding carboxylic acids is 1. The summed E-state index contributed by atoms with van der Waals surface area (Å²) < 4.78 is 26.5. The Bertz CT molecular complexity index is 1270. The van der Waals surface area contributed by atoms with Crippen molar-refractivity contribution in [3.8, 4) is 11.5 Å². The normalized spacial score (nSPS) is 10.9. The minimum atomic E-state index is -0.345. The molecule has 0 bridgehead atoms. The molecule has 1 N–H and O–H groups in total. The second-order valence-electron chi connectivity index (χ2n) is 8.62. The largest absolute Gasteiger partial charge is 0.497 e. The van der Waals surface area contributed by atoms with Crippen molar-refractivity contribution in [1.82, 2.24) is 14.9 Å². The predicted octanol–water partition coefficient (Wildman–Crippen LogP) is 5.80. The third-order valence-corrected chi connectivity index (χ3v) is 6.04. The van der Waals surface area contributed by atoms with E-state index >= 15 is 0 Å². The summed E-state index contributed by atoms with van der Waals surface area (Å²) in [5.41, 5.74) is 2.62. The van der Waals surface area contributed by atoms with E-state index in [9.17, 15) is 9.18 Å². The van der Waals surface area contributed by atoms with Gasteiger partial charge < -0.3 is 19.4 Å². The van der Waals surface area contributed by atoms with Gasteiger partial charge in [0.2, 0.25) is 0 Å². The molecule has 1 aromatic heterocycles. The summed E-state index contributed by atoms with van der Waals surface area (Å²) in [5.74, 6) is 2.14. The number of hydrogen-bond acceptors (Lipinski definition) is 4. The molecule has 0 aliphatic heterocycles. The number of imidazole rings is 1. The van der Waals surface area contributed by atoms with Gasteiger partial charge in [0.1, 0.15) is 23.1 Å². The van der Waals surface area contributed by atoms with Gasteiger partial charge in [-0.05, 0) is 67.8 Å². The first-order chi connectivity index (χ1) is 17.6. The molecule has 0 aliphatic rings. The van der Waals surface area contributed by atoms with Crippen LogP contribution in [-0.2, 0) is 13.0 Å². The average Bonchev–Trinajstić information content (AvgIpc) is 3.26. The summed E-state index contributed by atoms with van der Waals surface area (Å²) in [4.78, 5) is 17.0. The standard InChI is InChI=1S/C29H32FN3O3/c1-35-24-9-7-10-25(21-24)36-20-8-19-33-27-12-5-4-11-26(27)32-28(33)13-3-2-6-18-31-29(34)22-14-16-23(30)17-15-22/h4-5,7,9-12,14-17,21H,2-3,6,8,13,18-20H2,1H3,(H,31,34). The van der Waals surface area contributed by atoms with Crippen molar-refractivity contribution in [2.24, 2.45) is 0 Å². The number of carbonyl (C=O) groups is 1. The van der Waals surface area contributed by atoms with Crippen LogP contribution >= 0.6 is 0 Å². The van der Waals surface area contributed by atoms with Crippen molar-refractivity contribution < 1.29 is 18.7 Å². The second-order valence-corrected chi connectivity index (χ2v) is 8.62. The Morgan fingerprint density at radius 2 is 1.75 bits per heavy atom. The van der Waals surface area contributed by atoms with Crippen LogP contribution in [0.5, 0.6) is 11.5 Å². The van der Waals surface area contributed by atoms with Crippen LogP contribution in [0, 0.1) is 5.82 Å². The van der Waals surface area contributed by atoms with Crippen LogP contribution in [-0.4, -0.2) is 35.7 Å². The quantitative estimate of drug-likeness (QED) is 0.241. The zero-order chi connectivity index (χ0) is 25.2. The molecule has 0 radical (unpaired) electrons. The van der Waals surface area contributed by atoms with Crippen molar-refractivity contribution in [2.75, 3.05) is 20.3 Å². The number of para-hydroxylation sites is 2. The van der Waals surface area contributed by atoms with E-state index in [1.54, 1.807) is 7.11 Å². The number of amides is 1. The van der Waals surface area contributed by atoms with Crippen LogP contribution in [0.25, 0.3) is 11.0 Å². The monoisotopic (exact) mass is 489 g/mol. The Labute approximate surface area is 211 Å². The zero-order valence-corrected chi connectivity index (χ0v) is 20.6. The molecule has 0 spiro atoms. The van der Waals surface area contributed by atoms with E-state index in [2.05, 4.69) is 16.0 Å². The number of halogens is 1. The number of nitrogens with zero attached hydrogens (tertiary/aromatic N) is 2. The van der Waals surface area contributed by atoms with Crippen molar-refractivity contribution in [3.05, 3.63) is 90.0 Å². The topological polar surface area (TPSA) is 65.4 Å². The minimum Gasteiger partial charge on any atom is -0.497 e. The molecule has 7 heteroatoms. The number of rotatable bonds is 13. The van der Waals surface area contributed by atoms with Gasteiger partial charge in [-0.15, -0.1) is 0 Å². The first-order valence-corrected chi connectivity index (χ1v) is 12.4. The fourth-order valence-electron chi connectivity index (χ4n) is 4.16. The van der Waals surface area contributed by atoms with E-state index in [0.717, 1.165) is 67.0 Å². The molecular weight excluding hydrogens is 457 g/mol. The Morgan fingerprint density at radius 3 is 2.58 bits per heavy atom. The summed E-state index contributed by atoms with van der Waals surface area (Å²) >= 11 is 0. The van der Waals surface area contributed by atoms with Gasteiger partial charge in [-0.2, -0.15) is 0 Å². The van der Waals surface area contributed by atoms with Gasteiger partial charge in [-0.1, -0.05) is 24.6 Å². The Kier molecular flexibility index (Phi) is 8.92. The van der Waals surface area contributed by atoms with Crippen molar-refractivity contribution >= 4 is 16.9 Å². The number of ether oxygens (including phenoxy) is 2. The van der Waals surface area contributed by atoms with E-state index in [1.165, 1.54) is 24.3 Å². The Morgan fingerprint density at radius 1 is 0.944 bits per heavy atom. The minimum absolute atomic E-state index is 0.173. The summed E-state index contributed by atoms with van der Waals surface area (Å²) in [7, 11) is 1.65. The van der Waals surface area contributed by atoms with Crippen LogP contribution in [0.4, 0.5) is 4.39 Å². The molecule has 0 aliphatic carbocycles. The number of nitrogens with one attached hydrogen (secondary N) is 1. The fourth-order valence-corrected chi connectivity index (χ4v) is 4.16. The maximum absolute atomic E-state index is 13.0. The smallest absolute Gasteiger partial charge is 0.251 e. The highest BCUT2D eigenvalue weighted by Gasteiger charge is 2.11. The van der Waals surface area contributed by atoms with Gasteiger partial charge in [0, 0.05) is 31.1 Å². The molecule has 0 atom stereocenters. The highest BCUT2D eigenvalue weighted by molar-refractivity contribution is 5.94. The van der Waals surface area contributed by atoms with Gasteiger partial charge >= 0.3 is 0 Å². The predicted molar refractivity (Wildman–Crippen MR) is 139 cm³/mol. The molecule has 6 nitrogen and oxygen atoms in total. The first kappa shape index (κ1) is 25.2. The van der Waals surface area contributed by atoms with Crippen molar-refractivity contribution in [2.45, 2.75) is 38.6 Å². The molecule has 3 aromatic carbocycles. The Hall–Kier alpha value is -3.87. The van der Waals surface area contributed by atoms with Crippen LogP contribution in [0.2, 0.25) is 0 Å². The lowest BCUT2D eigenvalue weighted by Crippen LogP contribution is -2.24. The van der Waals surface area contributed by atoms with E-state index in [4.69, 9.17) is 14.5 Å². The maximum Gasteiger partial charge on any atom is 0.251 e. The second kappa shape index (κ2) is 12.7. The number of aryl methyl sites for hydroxylation is 2. The number of fused-ring (bicyclic) bond motifs is 1. The van der Waals surface area contributed by atoms with E-state index in [0.29, 0.717) is 18.7 Å². The summed E-state index contributed by atoms with van der Waals surface area (Å²) in [5, 5.41) is 2.90. The van der Waals surface area contributed by atoms with Gasteiger partial charge in [-0.3, -0.25) is 4.79 Å². The van der Waals surface area contributed by atoms with Gasteiger partial charge in [0.25, 0.3) is 5.91 Å². The van der Waals surface area contributed by atoms with Gasteiger partial charge in [0.05, 0.1) is 24.8 Å². The van der Waals surface area contributed by atoms with Crippen LogP contribution in [0.15, 0.2) is 72.8 Å². The lowest BCUT2D eigenvalue weighted by molar-refractivity contribution is 0.0953. The van der Waals surface area contributed by atoms with Crippen molar-refractivity contribution in [1.29, 1.82) is 0 Å². The fraction of sp³-hybridized carbons (Fsp3) is 0.310. The molecule has 4 rings (SSSR count). The SMILES string of the molecule is COc1cccc(OCCCn2c(CCCCCNC(=O)c3ccc(F)cc3)nc3ccccc32)c1. The van der Waals surface area contributed by atoms with Gasteiger partial charge in [-0.25, -0.2) is 9.37 Å². The molecule has 188 valence electrons. The van der Waals surface area contributed by atoms with E-state index in [1.807, 2.05) is 42.5 Å². The number of methoxy groups -OCH3 is 1. The number of benzene rings is 3.